The highest BCUT2D eigenvalue weighted by Crippen LogP contribution is 2.10. The van der Waals surface area contributed by atoms with Crippen LogP contribution in [0.25, 0.3) is 0 Å². The van der Waals surface area contributed by atoms with Crippen molar-refractivity contribution in [3.8, 4) is 0 Å². The molecule has 0 aliphatic carbocycles. The lowest BCUT2D eigenvalue weighted by atomic mass is 10.2. The Kier molecular flexibility index (Phi) is 5.15. The van der Waals surface area contributed by atoms with E-state index in [0.29, 0.717) is 6.54 Å². The first kappa shape index (κ1) is 13.7. The Labute approximate surface area is 103 Å². The summed E-state index contributed by atoms with van der Waals surface area (Å²) in [6.45, 7) is 8.07. The van der Waals surface area contributed by atoms with Crippen LogP contribution in [0.2, 0.25) is 0 Å². The predicted octanol–water partition coefficient (Wildman–Crippen LogP) is 1.03. The fourth-order valence-electron chi connectivity index (χ4n) is 1.55. The predicted molar refractivity (Wildman–Crippen MR) is 67.6 cm³/mol. The van der Waals surface area contributed by atoms with Gasteiger partial charge in [-0.1, -0.05) is 6.92 Å². The summed E-state index contributed by atoms with van der Waals surface area (Å²) < 4.78 is 1.69. The molecule has 0 aliphatic heterocycles. The Balaban J connectivity index is 2.59. The maximum atomic E-state index is 11.7. The fourth-order valence-corrected chi connectivity index (χ4v) is 1.55. The first-order chi connectivity index (χ1) is 8.08. The molecule has 1 rings (SSSR count). The van der Waals surface area contributed by atoms with E-state index >= 15 is 0 Å². The standard InChI is InChI=1S/C12H22N4O/c1-5-13-10(3)11-7-14-16(8-11)9-12(17)15(4)6-2/h7-8,10,13H,5-6,9H2,1-4H3. The van der Waals surface area contributed by atoms with Gasteiger partial charge in [-0.2, -0.15) is 5.10 Å². The molecule has 0 fully saturated rings. The molecular formula is C12H22N4O. The molecule has 1 aromatic rings. The van der Waals surface area contributed by atoms with Crippen LogP contribution in [0.15, 0.2) is 12.4 Å². The molecule has 1 aromatic heterocycles. The van der Waals surface area contributed by atoms with E-state index in [-0.39, 0.29) is 11.9 Å². The number of rotatable bonds is 6. The summed E-state index contributed by atoms with van der Waals surface area (Å²) in [5.41, 5.74) is 1.11. The van der Waals surface area contributed by atoms with Gasteiger partial charge in [0.25, 0.3) is 0 Å². The number of carbonyl (C=O) groups is 1. The molecule has 1 amide bonds. The molecule has 1 N–H and O–H groups in total. The molecule has 5 nitrogen and oxygen atoms in total. The van der Waals surface area contributed by atoms with Crippen molar-refractivity contribution in [3.63, 3.8) is 0 Å². The van der Waals surface area contributed by atoms with Crippen LogP contribution in [0.3, 0.4) is 0 Å². The highest BCUT2D eigenvalue weighted by atomic mass is 16.2. The molecule has 0 aliphatic rings. The molecular weight excluding hydrogens is 216 g/mol. The number of likely N-dealkylation sites (N-methyl/N-ethyl adjacent to an activating group) is 1. The van der Waals surface area contributed by atoms with Crippen molar-refractivity contribution in [2.75, 3.05) is 20.1 Å². The summed E-state index contributed by atoms with van der Waals surface area (Å²) in [5, 5.41) is 7.52. The van der Waals surface area contributed by atoms with Crippen molar-refractivity contribution >= 4 is 5.91 Å². The van der Waals surface area contributed by atoms with Gasteiger partial charge in [0.15, 0.2) is 0 Å². The summed E-state index contributed by atoms with van der Waals surface area (Å²) in [6.07, 6.45) is 3.74. The first-order valence-corrected chi connectivity index (χ1v) is 6.08. The second kappa shape index (κ2) is 6.39. The Morgan fingerprint density at radius 1 is 1.59 bits per heavy atom. The largest absolute Gasteiger partial charge is 0.344 e. The Morgan fingerprint density at radius 2 is 2.29 bits per heavy atom. The number of carbonyl (C=O) groups excluding carboxylic acids is 1. The number of hydrogen-bond donors (Lipinski definition) is 1. The van der Waals surface area contributed by atoms with Gasteiger partial charge in [-0.3, -0.25) is 9.48 Å². The van der Waals surface area contributed by atoms with Crippen LogP contribution in [0.5, 0.6) is 0 Å². The van der Waals surface area contributed by atoms with Crippen molar-refractivity contribution in [2.24, 2.45) is 0 Å². The Hall–Kier alpha value is -1.36. The molecule has 0 saturated heterocycles. The minimum Gasteiger partial charge on any atom is -0.344 e. The van der Waals surface area contributed by atoms with Crippen LogP contribution in [-0.2, 0) is 11.3 Å². The van der Waals surface area contributed by atoms with Gasteiger partial charge in [0.05, 0.1) is 6.20 Å². The second-order valence-corrected chi connectivity index (χ2v) is 4.16. The minimum absolute atomic E-state index is 0.0817. The molecule has 0 spiro atoms. The maximum Gasteiger partial charge on any atom is 0.244 e. The number of nitrogens with one attached hydrogen (secondary N) is 1. The normalized spacial score (nSPS) is 12.5. The summed E-state index contributed by atoms with van der Waals surface area (Å²) in [5.74, 6) is 0.0817. The van der Waals surface area contributed by atoms with Crippen molar-refractivity contribution in [2.45, 2.75) is 33.4 Å². The highest BCUT2D eigenvalue weighted by molar-refractivity contribution is 5.75. The Bertz CT molecular complexity index is 361. The fraction of sp³-hybridized carbons (Fsp3) is 0.667. The van der Waals surface area contributed by atoms with E-state index in [1.54, 1.807) is 16.6 Å². The van der Waals surface area contributed by atoms with E-state index in [2.05, 4.69) is 24.3 Å². The van der Waals surface area contributed by atoms with E-state index in [9.17, 15) is 4.79 Å². The van der Waals surface area contributed by atoms with Crippen LogP contribution < -0.4 is 5.32 Å². The third-order valence-electron chi connectivity index (χ3n) is 2.86. The van der Waals surface area contributed by atoms with E-state index in [1.165, 1.54) is 0 Å². The zero-order valence-corrected chi connectivity index (χ0v) is 11.1. The second-order valence-electron chi connectivity index (χ2n) is 4.16. The van der Waals surface area contributed by atoms with Gasteiger partial charge < -0.3 is 10.2 Å². The molecule has 96 valence electrons. The Morgan fingerprint density at radius 3 is 2.88 bits per heavy atom. The first-order valence-electron chi connectivity index (χ1n) is 6.08. The quantitative estimate of drug-likeness (QED) is 0.805. The van der Waals surface area contributed by atoms with Crippen LogP contribution in [0.4, 0.5) is 0 Å². The number of hydrogen-bond acceptors (Lipinski definition) is 3. The van der Waals surface area contributed by atoms with E-state index in [1.807, 2.05) is 19.3 Å². The minimum atomic E-state index is 0.0817. The molecule has 5 heteroatoms. The lowest BCUT2D eigenvalue weighted by molar-refractivity contribution is -0.130. The third-order valence-corrected chi connectivity index (χ3v) is 2.86. The molecule has 1 heterocycles. The molecule has 0 aromatic carbocycles. The molecule has 1 unspecified atom stereocenters. The lowest BCUT2D eigenvalue weighted by Crippen LogP contribution is -2.30. The van der Waals surface area contributed by atoms with E-state index < -0.39 is 0 Å². The van der Waals surface area contributed by atoms with Gasteiger partial charge in [0, 0.05) is 31.4 Å². The van der Waals surface area contributed by atoms with Crippen molar-refractivity contribution in [3.05, 3.63) is 18.0 Å². The third kappa shape index (κ3) is 3.85. The van der Waals surface area contributed by atoms with Crippen LogP contribution in [0.1, 0.15) is 32.4 Å². The summed E-state index contributed by atoms with van der Waals surface area (Å²) in [4.78, 5) is 13.4. The van der Waals surface area contributed by atoms with Gasteiger partial charge in [0.2, 0.25) is 5.91 Å². The van der Waals surface area contributed by atoms with E-state index in [4.69, 9.17) is 0 Å². The van der Waals surface area contributed by atoms with Gasteiger partial charge in [0.1, 0.15) is 6.54 Å². The van der Waals surface area contributed by atoms with Crippen molar-refractivity contribution in [1.82, 2.24) is 20.0 Å². The summed E-state index contributed by atoms with van der Waals surface area (Å²) in [7, 11) is 1.80. The average Bonchev–Trinajstić information content (AvgIpc) is 2.76. The molecule has 1 atom stereocenters. The van der Waals surface area contributed by atoms with E-state index in [0.717, 1.165) is 18.7 Å². The summed E-state index contributed by atoms with van der Waals surface area (Å²) >= 11 is 0. The maximum absolute atomic E-state index is 11.7. The SMILES string of the molecule is CCNC(C)c1cnn(CC(=O)N(C)CC)c1. The van der Waals surface area contributed by atoms with Gasteiger partial charge in [-0.25, -0.2) is 0 Å². The summed E-state index contributed by atoms with van der Waals surface area (Å²) in [6, 6.07) is 0.271. The highest BCUT2D eigenvalue weighted by Gasteiger charge is 2.10. The number of amides is 1. The molecule has 0 radical (unpaired) electrons. The number of aromatic nitrogens is 2. The monoisotopic (exact) mass is 238 g/mol. The van der Waals surface area contributed by atoms with Crippen LogP contribution in [0, 0.1) is 0 Å². The zero-order chi connectivity index (χ0) is 12.8. The average molecular weight is 238 g/mol. The molecule has 17 heavy (non-hydrogen) atoms. The van der Waals surface area contributed by atoms with Gasteiger partial charge in [-0.15, -0.1) is 0 Å². The van der Waals surface area contributed by atoms with Crippen molar-refractivity contribution in [1.29, 1.82) is 0 Å². The van der Waals surface area contributed by atoms with Crippen LogP contribution in [-0.4, -0.2) is 40.7 Å². The smallest absolute Gasteiger partial charge is 0.244 e. The van der Waals surface area contributed by atoms with Gasteiger partial charge >= 0.3 is 0 Å². The topological polar surface area (TPSA) is 50.2 Å². The molecule has 0 saturated carbocycles. The van der Waals surface area contributed by atoms with Crippen molar-refractivity contribution < 1.29 is 4.79 Å². The number of nitrogens with zero attached hydrogens (tertiary/aromatic N) is 3. The van der Waals surface area contributed by atoms with Gasteiger partial charge in [-0.05, 0) is 20.4 Å². The lowest BCUT2D eigenvalue weighted by Gasteiger charge is -2.14. The zero-order valence-electron chi connectivity index (χ0n) is 11.1. The van der Waals surface area contributed by atoms with Crippen LogP contribution >= 0.6 is 0 Å². The molecule has 0 bridgehead atoms.